The second kappa shape index (κ2) is 6.02. The van der Waals surface area contributed by atoms with Gasteiger partial charge in [0.15, 0.2) is 6.04 Å². The molecule has 0 unspecified atom stereocenters. The van der Waals surface area contributed by atoms with Gasteiger partial charge in [-0.05, 0) is 16.7 Å². The molecule has 2 aromatic rings. The Labute approximate surface area is 117 Å². The molecule has 1 atom stereocenters. The Bertz CT molecular complexity index is 605. The Balaban J connectivity index is 2.27. The molecule has 2 aromatic carbocycles. The summed E-state index contributed by atoms with van der Waals surface area (Å²) in [5.41, 5.74) is 2.61. The maximum absolute atomic E-state index is 11.2. The number of aliphatic carboxylic acids is 1. The van der Waals surface area contributed by atoms with Crippen LogP contribution in [0.15, 0.2) is 54.6 Å². The van der Waals surface area contributed by atoms with E-state index in [2.05, 4.69) is 5.32 Å². The van der Waals surface area contributed by atoms with Crippen LogP contribution in [0.25, 0.3) is 11.1 Å². The van der Waals surface area contributed by atoms with E-state index in [0.717, 1.165) is 11.1 Å². The van der Waals surface area contributed by atoms with E-state index in [1.807, 2.05) is 42.5 Å². The molecule has 1 amide bonds. The lowest BCUT2D eigenvalue weighted by Crippen LogP contribution is -2.31. The lowest BCUT2D eigenvalue weighted by atomic mass is 10.0. The summed E-state index contributed by atoms with van der Waals surface area (Å²) in [4.78, 5) is 22.2. The summed E-state index contributed by atoms with van der Waals surface area (Å²) in [6.45, 7) is 1.30. The van der Waals surface area contributed by atoms with Crippen LogP contribution in [-0.2, 0) is 9.59 Å². The number of nitrogens with one attached hydrogen (secondary N) is 1. The summed E-state index contributed by atoms with van der Waals surface area (Å²) in [7, 11) is 0. The van der Waals surface area contributed by atoms with E-state index in [-0.39, 0.29) is 5.91 Å². The fourth-order valence-electron chi connectivity index (χ4n) is 1.99. The third kappa shape index (κ3) is 3.23. The molecule has 0 aromatic heterocycles. The smallest absolute Gasteiger partial charge is 0.330 e. The normalized spacial score (nSPS) is 11.7. The first kappa shape index (κ1) is 13.8. The average molecular weight is 269 g/mol. The molecule has 0 radical (unpaired) electrons. The quantitative estimate of drug-likeness (QED) is 0.896. The Morgan fingerprint density at radius 3 is 2.00 bits per heavy atom. The monoisotopic (exact) mass is 269 g/mol. The molecule has 0 spiro atoms. The first-order valence-corrected chi connectivity index (χ1v) is 6.23. The number of benzene rings is 2. The minimum atomic E-state index is -1.08. The molecule has 20 heavy (non-hydrogen) atoms. The van der Waals surface area contributed by atoms with Crippen LogP contribution in [-0.4, -0.2) is 17.0 Å². The van der Waals surface area contributed by atoms with Gasteiger partial charge >= 0.3 is 5.97 Å². The van der Waals surface area contributed by atoms with Crippen LogP contribution in [0.1, 0.15) is 18.5 Å². The van der Waals surface area contributed by atoms with Crippen molar-refractivity contribution in [3.05, 3.63) is 60.2 Å². The molecular formula is C16H15NO3. The number of carboxylic acid groups (broad SMARTS) is 1. The highest BCUT2D eigenvalue weighted by Gasteiger charge is 2.20. The zero-order valence-corrected chi connectivity index (χ0v) is 11.0. The van der Waals surface area contributed by atoms with Gasteiger partial charge in [-0.15, -0.1) is 0 Å². The SMILES string of the molecule is CC(=O)N[C@@H](C(=O)O)c1ccc(-c2ccccc2)cc1. The van der Waals surface area contributed by atoms with Crippen molar-refractivity contribution in [1.82, 2.24) is 5.32 Å². The minimum absolute atomic E-state index is 0.371. The predicted octanol–water partition coefficient (Wildman–Crippen LogP) is 2.62. The van der Waals surface area contributed by atoms with Gasteiger partial charge in [0.05, 0.1) is 0 Å². The number of amides is 1. The van der Waals surface area contributed by atoms with E-state index < -0.39 is 12.0 Å². The minimum Gasteiger partial charge on any atom is -0.479 e. The maximum Gasteiger partial charge on any atom is 0.330 e. The molecule has 2 N–H and O–H groups in total. The van der Waals surface area contributed by atoms with Gasteiger partial charge in [-0.1, -0.05) is 54.6 Å². The molecule has 0 fully saturated rings. The van der Waals surface area contributed by atoms with Gasteiger partial charge in [-0.25, -0.2) is 4.79 Å². The van der Waals surface area contributed by atoms with Crippen molar-refractivity contribution in [3.63, 3.8) is 0 Å². The van der Waals surface area contributed by atoms with Crippen LogP contribution in [0.4, 0.5) is 0 Å². The molecule has 102 valence electrons. The maximum atomic E-state index is 11.2. The molecule has 0 aliphatic carbocycles. The molecule has 0 bridgehead atoms. The molecule has 2 rings (SSSR count). The highest BCUT2D eigenvalue weighted by molar-refractivity contribution is 5.83. The van der Waals surface area contributed by atoms with Crippen molar-refractivity contribution in [3.8, 4) is 11.1 Å². The second-order valence-electron chi connectivity index (χ2n) is 4.46. The van der Waals surface area contributed by atoms with Gasteiger partial charge in [0.2, 0.25) is 5.91 Å². The van der Waals surface area contributed by atoms with Gasteiger partial charge < -0.3 is 10.4 Å². The van der Waals surface area contributed by atoms with Gasteiger partial charge in [-0.2, -0.15) is 0 Å². The lowest BCUT2D eigenvalue weighted by Gasteiger charge is -2.14. The number of hydrogen-bond donors (Lipinski definition) is 2. The lowest BCUT2D eigenvalue weighted by molar-refractivity contribution is -0.141. The summed E-state index contributed by atoms with van der Waals surface area (Å²) in [5.74, 6) is -1.45. The van der Waals surface area contributed by atoms with E-state index in [9.17, 15) is 9.59 Å². The molecular weight excluding hydrogens is 254 g/mol. The second-order valence-corrected chi connectivity index (χ2v) is 4.46. The summed E-state index contributed by atoms with van der Waals surface area (Å²) >= 11 is 0. The van der Waals surface area contributed by atoms with Crippen molar-refractivity contribution in [2.24, 2.45) is 0 Å². The van der Waals surface area contributed by atoms with Crippen LogP contribution < -0.4 is 5.32 Å². The molecule has 4 heteroatoms. The average Bonchev–Trinajstić information content (AvgIpc) is 2.45. The largest absolute Gasteiger partial charge is 0.479 e. The van der Waals surface area contributed by atoms with Crippen LogP contribution in [0, 0.1) is 0 Å². The van der Waals surface area contributed by atoms with Crippen molar-refractivity contribution < 1.29 is 14.7 Å². The molecule has 0 aliphatic heterocycles. The van der Waals surface area contributed by atoms with Crippen LogP contribution in [0.2, 0.25) is 0 Å². The van der Waals surface area contributed by atoms with Crippen LogP contribution >= 0.6 is 0 Å². The van der Waals surface area contributed by atoms with Crippen LogP contribution in [0.3, 0.4) is 0 Å². The summed E-state index contributed by atoms with van der Waals surface area (Å²) in [5, 5.41) is 11.6. The fraction of sp³-hybridized carbons (Fsp3) is 0.125. The number of carbonyl (C=O) groups excluding carboxylic acids is 1. The van der Waals surface area contributed by atoms with Gasteiger partial charge in [0, 0.05) is 6.92 Å². The first-order chi connectivity index (χ1) is 9.58. The summed E-state index contributed by atoms with van der Waals surface area (Å²) in [6.07, 6.45) is 0. The zero-order chi connectivity index (χ0) is 14.5. The van der Waals surface area contributed by atoms with Crippen LogP contribution in [0.5, 0.6) is 0 Å². The Kier molecular flexibility index (Phi) is 4.15. The van der Waals surface area contributed by atoms with E-state index in [0.29, 0.717) is 5.56 Å². The summed E-state index contributed by atoms with van der Waals surface area (Å²) < 4.78 is 0. The molecule has 0 aliphatic rings. The van der Waals surface area contributed by atoms with E-state index in [1.165, 1.54) is 6.92 Å². The standard InChI is InChI=1S/C16H15NO3/c1-11(18)17-15(16(19)20)14-9-7-13(8-10-14)12-5-3-2-4-6-12/h2-10,15H,1H3,(H,17,18)(H,19,20)/t15-/m1/s1. The van der Waals surface area contributed by atoms with Gasteiger partial charge in [-0.3, -0.25) is 4.79 Å². The fourth-order valence-corrected chi connectivity index (χ4v) is 1.99. The number of carbonyl (C=O) groups is 2. The molecule has 4 nitrogen and oxygen atoms in total. The highest BCUT2D eigenvalue weighted by atomic mass is 16.4. The predicted molar refractivity (Wildman–Crippen MR) is 76.1 cm³/mol. The topological polar surface area (TPSA) is 66.4 Å². The Morgan fingerprint density at radius 1 is 0.950 bits per heavy atom. The van der Waals surface area contributed by atoms with Crippen molar-refractivity contribution in [2.75, 3.05) is 0 Å². The van der Waals surface area contributed by atoms with Gasteiger partial charge in [0.1, 0.15) is 0 Å². The van der Waals surface area contributed by atoms with Gasteiger partial charge in [0.25, 0.3) is 0 Å². The zero-order valence-electron chi connectivity index (χ0n) is 11.0. The molecule has 0 saturated carbocycles. The third-order valence-corrected chi connectivity index (χ3v) is 2.95. The third-order valence-electron chi connectivity index (χ3n) is 2.95. The van der Waals surface area contributed by atoms with Crippen molar-refractivity contribution in [1.29, 1.82) is 0 Å². The van der Waals surface area contributed by atoms with Crippen molar-refractivity contribution >= 4 is 11.9 Å². The van der Waals surface area contributed by atoms with E-state index >= 15 is 0 Å². The summed E-state index contributed by atoms with van der Waals surface area (Å²) in [6, 6.07) is 15.9. The van der Waals surface area contributed by atoms with E-state index in [1.54, 1.807) is 12.1 Å². The highest BCUT2D eigenvalue weighted by Crippen LogP contribution is 2.22. The first-order valence-electron chi connectivity index (χ1n) is 6.23. The Hall–Kier alpha value is -2.62. The molecule has 0 saturated heterocycles. The number of carboxylic acids is 1. The Morgan fingerprint density at radius 2 is 1.50 bits per heavy atom. The molecule has 0 heterocycles. The number of hydrogen-bond acceptors (Lipinski definition) is 2. The van der Waals surface area contributed by atoms with Crippen molar-refractivity contribution in [2.45, 2.75) is 13.0 Å². The van der Waals surface area contributed by atoms with E-state index in [4.69, 9.17) is 5.11 Å². The number of rotatable bonds is 4.